The minimum atomic E-state index is -0.862. The maximum atomic E-state index is 12.4. The standard InChI is InChI=1S/C15H18N2O4/c1-10(18)16-13-6-2-4-11(8-13)14(19)17-7-3-5-12(9-17)15(20)21/h2,4,6,8,12H,3,5,7,9H2,1H3,(H,16,18)(H,20,21)/t12-/m0/s1. The topological polar surface area (TPSA) is 86.7 Å². The van der Waals surface area contributed by atoms with Gasteiger partial charge in [0.1, 0.15) is 0 Å². The zero-order valence-corrected chi connectivity index (χ0v) is 11.8. The number of hydrogen-bond donors (Lipinski definition) is 2. The molecular weight excluding hydrogens is 272 g/mol. The molecule has 1 saturated heterocycles. The van der Waals surface area contributed by atoms with Crippen molar-refractivity contribution >= 4 is 23.5 Å². The molecule has 0 radical (unpaired) electrons. The number of hydrogen-bond acceptors (Lipinski definition) is 3. The Hall–Kier alpha value is -2.37. The number of carbonyl (C=O) groups is 3. The Balaban J connectivity index is 2.12. The van der Waals surface area contributed by atoms with E-state index in [-0.39, 0.29) is 18.4 Å². The van der Waals surface area contributed by atoms with Crippen molar-refractivity contribution in [2.75, 3.05) is 18.4 Å². The maximum Gasteiger partial charge on any atom is 0.308 e. The van der Waals surface area contributed by atoms with E-state index in [4.69, 9.17) is 5.11 Å². The third kappa shape index (κ3) is 3.81. The second kappa shape index (κ2) is 6.39. The minimum Gasteiger partial charge on any atom is -0.481 e. The summed E-state index contributed by atoms with van der Waals surface area (Å²) in [6, 6.07) is 6.66. The zero-order valence-electron chi connectivity index (χ0n) is 11.8. The van der Waals surface area contributed by atoms with Gasteiger partial charge in [-0.05, 0) is 31.0 Å². The van der Waals surface area contributed by atoms with Crippen molar-refractivity contribution in [1.82, 2.24) is 4.90 Å². The highest BCUT2D eigenvalue weighted by molar-refractivity contribution is 5.97. The Bertz CT molecular complexity index is 571. The lowest BCUT2D eigenvalue weighted by molar-refractivity contribution is -0.143. The first-order chi connectivity index (χ1) is 9.97. The van der Waals surface area contributed by atoms with Crippen LogP contribution in [0, 0.1) is 5.92 Å². The van der Waals surface area contributed by atoms with Crippen LogP contribution in [-0.2, 0) is 9.59 Å². The van der Waals surface area contributed by atoms with E-state index >= 15 is 0 Å². The summed E-state index contributed by atoms with van der Waals surface area (Å²) in [6.45, 7) is 2.20. The second-order valence-corrected chi connectivity index (χ2v) is 5.19. The zero-order chi connectivity index (χ0) is 15.4. The van der Waals surface area contributed by atoms with Crippen molar-refractivity contribution in [3.63, 3.8) is 0 Å². The van der Waals surface area contributed by atoms with E-state index in [1.54, 1.807) is 29.2 Å². The van der Waals surface area contributed by atoms with E-state index in [0.29, 0.717) is 30.6 Å². The average Bonchev–Trinajstić information content (AvgIpc) is 2.46. The van der Waals surface area contributed by atoms with Crippen LogP contribution < -0.4 is 5.32 Å². The van der Waals surface area contributed by atoms with Crippen LogP contribution in [0.1, 0.15) is 30.1 Å². The molecular formula is C15H18N2O4. The van der Waals surface area contributed by atoms with Crippen molar-refractivity contribution in [2.45, 2.75) is 19.8 Å². The van der Waals surface area contributed by atoms with Gasteiger partial charge in [-0.1, -0.05) is 6.07 Å². The van der Waals surface area contributed by atoms with Crippen LogP contribution in [0.5, 0.6) is 0 Å². The highest BCUT2D eigenvalue weighted by atomic mass is 16.4. The minimum absolute atomic E-state index is 0.201. The predicted octanol–water partition coefficient (Wildman–Crippen LogP) is 1.58. The highest BCUT2D eigenvalue weighted by Gasteiger charge is 2.28. The lowest BCUT2D eigenvalue weighted by Gasteiger charge is -2.30. The van der Waals surface area contributed by atoms with Crippen LogP contribution >= 0.6 is 0 Å². The van der Waals surface area contributed by atoms with Crippen molar-refractivity contribution in [3.05, 3.63) is 29.8 Å². The van der Waals surface area contributed by atoms with Gasteiger partial charge in [0.15, 0.2) is 0 Å². The fraction of sp³-hybridized carbons (Fsp3) is 0.400. The van der Waals surface area contributed by atoms with Crippen molar-refractivity contribution in [3.8, 4) is 0 Å². The molecule has 2 rings (SSSR count). The van der Waals surface area contributed by atoms with Gasteiger partial charge in [-0.25, -0.2) is 0 Å². The average molecular weight is 290 g/mol. The molecule has 6 heteroatoms. The summed E-state index contributed by atoms with van der Waals surface area (Å²) in [6.07, 6.45) is 1.29. The molecule has 1 fully saturated rings. The Morgan fingerprint density at radius 3 is 2.76 bits per heavy atom. The third-order valence-electron chi connectivity index (χ3n) is 3.49. The highest BCUT2D eigenvalue weighted by Crippen LogP contribution is 2.20. The monoisotopic (exact) mass is 290 g/mol. The molecule has 2 amide bonds. The molecule has 1 heterocycles. The maximum absolute atomic E-state index is 12.4. The number of carbonyl (C=O) groups excluding carboxylic acids is 2. The summed E-state index contributed by atoms with van der Waals surface area (Å²) >= 11 is 0. The number of aliphatic carboxylic acids is 1. The Morgan fingerprint density at radius 1 is 1.33 bits per heavy atom. The van der Waals surface area contributed by atoms with Crippen LogP contribution in [0.15, 0.2) is 24.3 Å². The van der Waals surface area contributed by atoms with E-state index < -0.39 is 11.9 Å². The van der Waals surface area contributed by atoms with E-state index in [9.17, 15) is 14.4 Å². The predicted molar refractivity (Wildman–Crippen MR) is 77.0 cm³/mol. The second-order valence-electron chi connectivity index (χ2n) is 5.19. The van der Waals surface area contributed by atoms with Crippen molar-refractivity contribution < 1.29 is 19.5 Å². The number of benzene rings is 1. The molecule has 0 saturated carbocycles. The quantitative estimate of drug-likeness (QED) is 0.885. The number of rotatable bonds is 3. The number of carboxylic acid groups (broad SMARTS) is 1. The first kappa shape index (κ1) is 15.0. The summed E-state index contributed by atoms with van der Waals surface area (Å²) in [7, 11) is 0. The summed E-state index contributed by atoms with van der Waals surface area (Å²) < 4.78 is 0. The van der Waals surface area contributed by atoms with Crippen molar-refractivity contribution in [2.24, 2.45) is 5.92 Å². The van der Waals surface area contributed by atoms with Gasteiger partial charge in [-0.2, -0.15) is 0 Å². The molecule has 0 spiro atoms. The molecule has 21 heavy (non-hydrogen) atoms. The summed E-state index contributed by atoms with van der Waals surface area (Å²) in [4.78, 5) is 36.1. The number of piperidine rings is 1. The van der Waals surface area contributed by atoms with Gasteiger partial charge in [-0.3, -0.25) is 14.4 Å². The molecule has 1 aliphatic heterocycles. The van der Waals surface area contributed by atoms with Crippen LogP contribution in [0.2, 0.25) is 0 Å². The number of carboxylic acids is 1. The van der Waals surface area contributed by atoms with E-state index in [1.165, 1.54) is 6.92 Å². The molecule has 1 aromatic rings. The van der Waals surface area contributed by atoms with Gasteiger partial charge in [0, 0.05) is 31.3 Å². The molecule has 2 N–H and O–H groups in total. The number of nitrogens with one attached hydrogen (secondary N) is 1. The largest absolute Gasteiger partial charge is 0.481 e. The summed E-state index contributed by atoms with van der Waals surface area (Å²) in [5.41, 5.74) is 1.01. The first-order valence-electron chi connectivity index (χ1n) is 6.87. The molecule has 0 bridgehead atoms. The first-order valence-corrected chi connectivity index (χ1v) is 6.87. The molecule has 0 aliphatic carbocycles. The molecule has 6 nitrogen and oxygen atoms in total. The van der Waals surface area contributed by atoms with Gasteiger partial charge in [-0.15, -0.1) is 0 Å². The molecule has 1 aromatic carbocycles. The molecule has 0 aromatic heterocycles. The Labute approximate surface area is 122 Å². The lowest BCUT2D eigenvalue weighted by atomic mass is 9.97. The fourth-order valence-corrected chi connectivity index (χ4v) is 2.48. The molecule has 1 atom stereocenters. The number of likely N-dealkylation sites (tertiary alicyclic amines) is 1. The van der Waals surface area contributed by atoms with Gasteiger partial charge in [0.25, 0.3) is 5.91 Å². The smallest absolute Gasteiger partial charge is 0.308 e. The lowest BCUT2D eigenvalue weighted by Crippen LogP contribution is -2.42. The molecule has 1 aliphatic rings. The van der Waals surface area contributed by atoms with Crippen LogP contribution in [0.4, 0.5) is 5.69 Å². The van der Waals surface area contributed by atoms with Gasteiger partial charge in [0.2, 0.25) is 5.91 Å². The number of anilines is 1. The van der Waals surface area contributed by atoms with Gasteiger partial charge >= 0.3 is 5.97 Å². The third-order valence-corrected chi connectivity index (χ3v) is 3.49. The number of amides is 2. The van der Waals surface area contributed by atoms with Crippen molar-refractivity contribution in [1.29, 1.82) is 0 Å². The van der Waals surface area contributed by atoms with Crippen LogP contribution in [0.25, 0.3) is 0 Å². The SMILES string of the molecule is CC(=O)Nc1cccc(C(=O)N2CCC[C@H](C(=O)O)C2)c1. The summed E-state index contributed by atoms with van der Waals surface area (Å²) in [5, 5.41) is 11.7. The Kier molecular flexibility index (Phi) is 4.57. The van der Waals surface area contributed by atoms with Gasteiger partial charge < -0.3 is 15.3 Å². The molecule has 0 unspecified atom stereocenters. The fourth-order valence-electron chi connectivity index (χ4n) is 2.48. The Morgan fingerprint density at radius 2 is 2.10 bits per heavy atom. The van der Waals surface area contributed by atoms with Crippen LogP contribution in [0.3, 0.4) is 0 Å². The molecule has 112 valence electrons. The van der Waals surface area contributed by atoms with E-state index in [2.05, 4.69) is 5.32 Å². The normalized spacial score (nSPS) is 18.1. The summed E-state index contributed by atoms with van der Waals surface area (Å²) in [5.74, 6) is -1.77. The van der Waals surface area contributed by atoms with E-state index in [1.807, 2.05) is 0 Å². The number of nitrogens with zero attached hydrogens (tertiary/aromatic N) is 1. The van der Waals surface area contributed by atoms with Gasteiger partial charge in [0.05, 0.1) is 5.92 Å². The van der Waals surface area contributed by atoms with Crippen LogP contribution in [-0.4, -0.2) is 40.9 Å². The van der Waals surface area contributed by atoms with E-state index in [0.717, 1.165) is 0 Å².